The zero-order valence-corrected chi connectivity index (χ0v) is 12.4. The largest absolute Gasteiger partial charge is 0.382 e. The van der Waals surface area contributed by atoms with Gasteiger partial charge in [-0.05, 0) is 35.3 Å². The number of anilines is 1. The normalized spacial score (nSPS) is 19.5. The molecule has 5 nitrogen and oxygen atoms in total. The van der Waals surface area contributed by atoms with E-state index in [1.54, 1.807) is 6.20 Å². The predicted octanol–water partition coefficient (Wildman–Crippen LogP) is 2.08. The zero-order chi connectivity index (χ0) is 11.1. The first kappa shape index (κ1) is 12.8. The van der Waals surface area contributed by atoms with E-state index in [-0.39, 0.29) is 17.0 Å². The van der Waals surface area contributed by atoms with E-state index in [4.69, 9.17) is 5.73 Å². The second-order valence-electron chi connectivity index (χ2n) is 3.94. The van der Waals surface area contributed by atoms with Crippen molar-refractivity contribution in [3.8, 4) is 0 Å². The van der Waals surface area contributed by atoms with Crippen LogP contribution in [-0.2, 0) is 0 Å². The fourth-order valence-corrected chi connectivity index (χ4v) is 2.77. The van der Waals surface area contributed by atoms with Gasteiger partial charge < -0.3 is 11.1 Å². The molecular formula is C10H13Br2N5. The first-order chi connectivity index (χ1) is 7.77. The van der Waals surface area contributed by atoms with Crippen molar-refractivity contribution in [2.75, 3.05) is 12.3 Å². The Morgan fingerprint density at radius 1 is 1.53 bits per heavy atom. The van der Waals surface area contributed by atoms with Gasteiger partial charge in [-0.15, -0.1) is 17.0 Å². The lowest BCUT2D eigenvalue weighted by molar-refractivity contribution is 0.602. The van der Waals surface area contributed by atoms with Crippen LogP contribution in [0.3, 0.4) is 0 Å². The third-order valence-corrected chi connectivity index (χ3v) is 3.49. The first-order valence-corrected chi connectivity index (χ1v) is 6.08. The third kappa shape index (κ3) is 2.07. The number of nitrogens with zero attached hydrogens (tertiary/aromatic N) is 3. The molecule has 92 valence electrons. The summed E-state index contributed by atoms with van der Waals surface area (Å²) < 4.78 is 2.77. The van der Waals surface area contributed by atoms with Gasteiger partial charge in [0.05, 0.1) is 6.04 Å². The summed E-state index contributed by atoms with van der Waals surface area (Å²) in [6.45, 7) is 1.05. The van der Waals surface area contributed by atoms with Crippen LogP contribution in [0.15, 0.2) is 17.0 Å². The maximum Gasteiger partial charge on any atom is 0.150 e. The maximum atomic E-state index is 5.85. The van der Waals surface area contributed by atoms with Crippen LogP contribution in [0.25, 0.3) is 5.52 Å². The molecule has 0 aliphatic carbocycles. The molecule has 1 aliphatic heterocycles. The molecule has 3 heterocycles. The molecule has 3 rings (SSSR count). The summed E-state index contributed by atoms with van der Waals surface area (Å²) in [6, 6.07) is 0.320. The van der Waals surface area contributed by atoms with Crippen molar-refractivity contribution in [3.63, 3.8) is 0 Å². The fraction of sp³-hybridized carbons (Fsp3) is 0.400. The van der Waals surface area contributed by atoms with Gasteiger partial charge in [0, 0.05) is 12.4 Å². The van der Waals surface area contributed by atoms with Crippen LogP contribution < -0.4 is 11.1 Å². The summed E-state index contributed by atoms with van der Waals surface area (Å²) in [5, 5.41) is 3.43. The minimum Gasteiger partial charge on any atom is -0.382 e. The number of rotatable bonds is 1. The van der Waals surface area contributed by atoms with Crippen molar-refractivity contribution < 1.29 is 0 Å². The first-order valence-electron chi connectivity index (χ1n) is 5.28. The van der Waals surface area contributed by atoms with Gasteiger partial charge in [-0.3, -0.25) is 4.40 Å². The molecule has 0 bridgehead atoms. The maximum absolute atomic E-state index is 5.85. The summed E-state index contributed by atoms with van der Waals surface area (Å²) in [6.07, 6.45) is 5.92. The molecule has 1 fully saturated rings. The van der Waals surface area contributed by atoms with Crippen LogP contribution in [0, 0.1) is 0 Å². The van der Waals surface area contributed by atoms with Crippen LogP contribution in [0.5, 0.6) is 0 Å². The van der Waals surface area contributed by atoms with E-state index in [9.17, 15) is 0 Å². The molecule has 0 spiro atoms. The monoisotopic (exact) mass is 361 g/mol. The lowest BCUT2D eigenvalue weighted by atomic mass is 10.2. The van der Waals surface area contributed by atoms with Crippen LogP contribution in [-0.4, -0.2) is 20.9 Å². The Morgan fingerprint density at radius 3 is 3.06 bits per heavy atom. The van der Waals surface area contributed by atoms with Gasteiger partial charge in [0.2, 0.25) is 0 Å². The molecule has 3 N–H and O–H groups in total. The van der Waals surface area contributed by atoms with E-state index < -0.39 is 0 Å². The van der Waals surface area contributed by atoms with Crippen molar-refractivity contribution in [2.45, 2.75) is 18.9 Å². The Kier molecular flexibility index (Phi) is 3.70. The average Bonchev–Trinajstić information content (AvgIpc) is 2.86. The smallest absolute Gasteiger partial charge is 0.150 e. The average molecular weight is 363 g/mol. The molecule has 2 aromatic rings. The highest BCUT2D eigenvalue weighted by Crippen LogP contribution is 2.29. The molecule has 2 aromatic heterocycles. The molecule has 1 aliphatic rings. The highest BCUT2D eigenvalue weighted by Gasteiger charge is 2.23. The Balaban J connectivity index is 0.00000108. The number of aromatic nitrogens is 3. The zero-order valence-electron chi connectivity index (χ0n) is 9.06. The SMILES string of the molecule is Br.Nc1nccn2c(C3CCCN3)nc(Br)c12. The van der Waals surface area contributed by atoms with Crippen LogP contribution in [0.2, 0.25) is 0 Å². The molecule has 7 heteroatoms. The quantitative estimate of drug-likeness (QED) is 0.814. The lowest BCUT2D eigenvalue weighted by Crippen LogP contribution is -2.15. The Labute approximate surface area is 118 Å². The summed E-state index contributed by atoms with van der Waals surface area (Å²) >= 11 is 3.44. The fourth-order valence-electron chi connectivity index (χ4n) is 2.19. The summed E-state index contributed by atoms with van der Waals surface area (Å²) in [4.78, 5) is 8.60. The van der Waals surface area contributed by atoms with E-state index in [1.165, 1.54) is 6.42 Å². The van der Waals surface area contributed by atoms with Crippen LogP contribution in [0.1, 0.15) is 24.7 Å². The van der Waals surface area contributed by atoms with E-state index in [0.29, 0.717) is 11.9 Å². The number of nitrogen functional groups attached to an aromatic ring is 1. The molecule has 0 aromatic carbocycles. The number of imidazole rings is 1. The minimum atomic E-state index is 0. The van der Waals surface area contributed by atoms with E-state index in [0.717, 1.165) is 28.9 Å². The van der Waals surface area contributed by atoms with Gasteiger partial charge in [-0.2, -0.15) is 0 Å². The second kappa shape index (κ2) is 4.91. The summed E-state index contributed by atoms with van der Waals surface area (Å²) in [5.74, 6) is 1.51. The van der Waals surface area contributed by atoms with Gasteiger partial charge in [-0.1, -0.05) is 0 Å². The number of halogens is 2. The molecule has 1 saturated heterocycles. The van der Waals surface area contributed by atoms with Gasteiger partial charge >= 0.3 is 0 Å². The molecule has 0 amide bonds. The molecule has 1 unspecified atom stereocenters. The Morgan fingerprint density at radius 2 is 2.35 bits per heavy atom. The standard InChI is InChI=1S/C10H12BrN5.BrH/c11-8-7-9(12)14-4-5-16(7)10(15-8)6-2-1-3-13-6;/h4-6,13H,1-3H2,(H2,12,14);1H. The summed E-state index contributed by atoms with van der Waals surface area (Å²) in [7, 11) is 0. The molecule has 0 saturated carbocycles. The highest BCUT2D eigenvalue weighted by atomic mass is 79.9. The number of hydrogen-bond donors (Lipinski definition) is 2. The van der Waals surface area contributed by atoms with E-state index in [1.807, 2.05) is 10.6 Å². The van der Waals surface area contributed by atoms with Crippen molar-refractivity contribution in [1.82, 2.24) is 19.7 Å². The van der Waals surface area contributed by atoms with Crippen LogP contribution in [0.4, 0.5) is 5.82 Å². The number of hydrogen-bond acceptors (Lipinski definition) is 4. The topological polar surface area (TPSA) is 68.2 Å². The van der Waals surface area contributed by atoms with Crippen molar-refractivity contribution >= 4 is 44.2 Å². The Hall–Kier alpha value is -0.660. The number of nitrogens with two attached hydrogens (primary N) is 1. The molecule has 17 heavy (non-hydrogen) atoms. The molecule has 0 radical (unpaired) electrons. The Bertz CT molecular complexity index is 533. The number of nitrogens with one attached hydrogen (secondary N) is 1. The van der Waals surface area contributed by atoms with E-state index >= 15 is 0 Å². The van der Waals surface area contributed by atoms with Gasteiger partial charge in [0.15, 0.2) is 5.82 Å². The van der Waals surface area contributed by atoms with Crippen molar-refractivity contribution in [1.29, 1.82) is 0 Å². The highest BCUT2D eigenvalue weighted by molar-refractivity contribution is 9.10. The summed E-state index contributed by atoms with van der Waals surface area (Å²) in [5.41, 5.74) is 6.70. The van der Waals surface area contributed by atoms with Crippen molar-refractivity contribution in [2.24, 2.45) is 0 Å². The van der Waals surface area contributed by atoms with E-state index in [2.05, 4.69) is 31.2 Å². The number of fused-ring (bicyclic) bond motifs is 1. The van der Waals surface area contributed by atoms with Crippen LogP contribution >= 0.6 is 32.9 Å². The molecule has 1 atom stereocenters. The minimum absolute atomic E-state index is 0. The second-order valence-corrected chi connectivity index (χ2v) is 4.69. The third-order valence-electron chi connectivity index (χ3n) is 2.94. The van der Waals surface area contributed by atoms with Gasteiger partial charge in [-0.25, -0.2) is 9.97 Å². The molecular weight excluding hydrogens is 350 g/mol. The lowest BCUT2D eigenvalue weighted by Gasteiger charge is -2.08. The predicted molar refractivity (Wildman–Crippen MR) is 75.4 cm³/mol. The van der Waals surface area contributed by atoms with Crippen molar-refractivity contribution in [3.05, 3.63) is 22.8 Å². The van der Waals surface area contributed by atoms with Gasteiger partial charge in [0.25, 0.3) is 0 Å². The van der Waals surface area contributed by atoms with Gasteiger partial charge in [0.1, 0.15) is 15.9 Å².